The lowest BCUT2D eigenvalue weighted by atomic mass is 10.2. The van der Waals surface area contributed by atoms with Gasteiger partial charge < -0.3 is 4.74 Å². The maximum absolute atomic E-state index is 12.4. The maximum atomic E-state index is 12.4. The van der Waals surface area contributed by atoms with Crippen LogP contribution < -0.4 is 4.74 Å². The number of hydrogen-bond donors (Lipinski definition) is 0. The normalized spacial score (nSPS) is 11.5. The zero-order valence-corrected chi connectivity index (χ0v) is 8.13. The Morgan fingerprint density at radius 1 is 1.53 bits per heavy atom. The number of carbonyl (C=O) groups excluding carboxylic acids is 1. The van der Waals surface area contributed by atoms with Crippen molar-refractivity contribution in [2.75, 3.05) is 6.61 Å². The van der Waals surface area contributed by atoms with Crippen molar-refractivity contribution in [3.05, 3.63) is 11.3 Å². The molecule has 1 aromatic rings. The van der Waals surface area contributed by atoms with Crippen molar-refractivity contribution < 1.29 is 22.7 Å². The third-order valence-corrected chi connectivity index (χ3v) is 1.70. The minimum atomic E-state index is -4.65. The zero-order chi connectivity index (χ0) is 11.6. The van der Waals surface area contributed by atoms with Crippen LogP contribution in [0.3, 0.4) is 0 Å². The number of nitrogens with zero attached hydrogens (tertiary/aromatic N) is 2. The molecular formula is C8H9F3N2O2. The third-order valence-electron chi connectivity index (χ3n) is 1.70. The van der Waals surface area contributed by atoms with Gasteiger partial charge in [0.2, 0.25) is 5.88 Å². The monoisotopic (exact) mass is 222 g/mol. The SMILES string of the molecule is CCOc1c(C=O)c(C(F)(F)F)nn1C. The molecular weight excluding hydrogens is 213 g/mol. The Labute approximate surface area is 83.6 Å². The fourth-order valence-electron chi connectivity index (χ4n) is 1.15. The van der Waals surface area contributed by atoms with Gasteiger partial charge in [-0.2, -0.15) is 18.3 Å². The second-order valence-electron chi connectivity index (χ2n) is 2.74. The van der Waals surface area contributed by atoms with E-state index in [1.54, 1.807) is 6.92 Å². The number of alkyl halides is 3. The quantitative estimate of drug-likeness (QED) is 0.730. The minimum absolute atomic E-state index is 0.0980. The molecule has 0 saturated heterocycles. The Morgan fingerprint density at radius 3 is 2.53 bits per heavy atom. The van der Waals surface area contributed by atoms with Crippen LogP contribution in [0.25, 0.3) is 0 Å². The van der Waals surface area contributed by atoms with Crippen LogP contribution in [0.4, 0.5) is 13.2 Å². The molecule has 0 aromatic carbocycles. The van der Waals surface area contributed by atoms with E-state index in [0.717, 1.165) is 4.68 Å². The third kappa shape index (κ3) is 2.11. The summed E-state index contributed by atoms with van der Waals surface area (Å²) in [5.41, 5.74) is -1.78. The molecule has 0 aliphatic heterocycles. The Morgan fingerprint density at radius 2 is 2.13 bits per heavy atom. The predicted molar refractivity (Wildman–Crippen MR) is 44.8 cm³/mol. The predicted octanol–water partition coefficient (Wildman–Crippen LogP) is 1.65. The molecule has 0 amide bonds. The first-order valence-electron chi connectivity index (χ1n) is 4.14. The highest BCUT2D eigenvalue weighted by molar-refractivity contribution is 5.80. The summed E-state index contributed by atoms with van der Waals surface area (Å²) in [7, 11) is 1.28. The molecule has 0 saturated carbocycles. The molecule has 0 atom stereocenters. The lowest BCUT2D eigenvalue weighted by Crippen LogP contribution is -2.09. The van der Waals surface area contributed by atoms with Gasteiger partial charge in [0.25, 0.3) is 0 Å². The van der Waals surface area contributed by atoms with Crippen LogP contribution in [0, 0.1) is 0 Å². The number of aromatic nitrogens is 2. The highest BCUT2D eigenvalue weighted by Crippen LogP contribution is 2.34. The average Bonchev–Trinajstić information content (AvgIpc) is 2.44. The summed E-state index contributed by atoms with van der Waals surface area (Å²) in [4.78, 5) is 10.5. The summed E-state index contributed by atoms with van der Waals surface area (Å²) in [5.74, 6) is -0.167. The first-order chi connectivity index (χ1) is 6.91. The zero-order valence-electron chi connectivity index (χ0n) is 8.13. The molecule has 0 unspecified atom stereocenters. The van der Waals surface area contributed by atoms with Gasteiger partial charge in [0.05, 0.1) is 6.61 Å². The van der Waals surface area contributed by atoms with E-state index in [-0.39, 0.29) is 18.8 Å². The van der Waals surface area contributed by atoms with E-state index >= 15 is 0 Å². The number of aryl methyl sites for hydroxylation is 1. The molecule has 0 radical (unpaired) electrons. The van der Waals surface area contributed by atoms with Crippen molar-refractivity contribution in [3.8, 4) is 5.88 Å². The van der Waals surface area contributed by atoms with E-state index in [0.29, 0.717) is 0 Å². The van der Waals surface area contributed by atoms with E-state index in [9.17, 15) is 18.0 Å². The van der Waals surface area contributed by atoms with Crippen molar-refractivity contribution in [1.82, 2.24) is 9.78 Å². The molecule has 0 bridgehead atoms. The molecule has 1 heterocycles. The highest BCUT2D eigenvalue weighted by Gasteiger charge is 2.39. The number of aldehydes is 1. The fraction of sp³-hybridized carbons (Fsp3) is 0.500. The number of ether oxygens (including phenoxy) is 1. The Hall–Kier alpha value is -1.53. The Balaban J connectivity index is 3.31. The fourth-order valence-corrected chi connectivity index (χ4v) is 1.15. The molecule has 0 aliphatic carbocycles. The van der Waals surface area contributed by atoms with Gasteiger partial charge >= 0.3 is 6.18 Å². The first-order valence-corrected chi connectivity index (χ1v) is 4.14. The van der Waals surface area contributed by atoms with Gasteiger partial charge in [-0.15, -0.1) is 0 Å². The van der Waals surface area contributed by atoms with Gasteiger partial charge in [-0.05, 0) is 6.92 Å². The van der Waals surface area contributed by atoms with Crippen LogP contribution in [-0.2, 0) is 13.2 Å². The maximum Gasteiger partial charge on any atom is 0.436 e. The highest BCUT2D eigenvalue weighted by atomic mass is 19.4. The lowest BCUT2D eigenvalue weighted by Gasteiger charge is -2.03. The van der Waals surface area contributed by atoms with E-state index in [1.807, 2.05) is 0 Å². The molecule has 7 heteroatoms. The van der Waals surface area contributed by atoms with Crippen molar-refractivity contribution in [2.45, 2.75) is 13.1 Å². The van der Waals surface area contributed by atoms with Crippen LogP contribution in [-0.4, -0.2) is 22.7 Å². The van der Waals surface area contributed by atoms with Gasteiger partial charge in [0.15, 0.2) is 12.0 Å². The Kier molecular flexibility index (Phi) is 3.01. The van der Waals surface area contributed by atoms with Gasteiger partial charge in [-0.1, -0.05) is 0 Å². The van der Waals surface area contributed by atoms with Crippen LogP contribution in [0.1, 0.15) is 23.0 Å². The van der Waals surface area contributed by atoms with E-state index in [2.05, 4.69) is 5.10 Å². The average molecular weight is 222 g/mol. The van der Waals surface area contributed by atoms with Crippen LogP contribution in [0.2, 0.25) is 0 Å². The molecule has 15 heavy (non-hydrogen) atoms. The van der Waals surface area contributed by atoms with Gasteiger partial charge in [0, 0.05) is 7.05 Å². The number of carbonyl (C=O) groups is 1. The standard InChI is InChI=1S/C8H9F3N2O2/c1-3-15-7-5(4-14)6(8(9,10)11)12-13(7)2/h4H,3H2,1-2H3. The van der Waals surface area contributed by atoms with Crippen LogP contribution in [0.15, 0.2) is 0 Å². The first kappa shape index (κ1) is 11.5. The summed E-state index contributed by atoms with van der Waals surface area (Å²) in [6.07, 6.45) is -4.55. The number of hydrogen-bond acceptors (Lipinski definition) is 3. The Bertz CT molecular complexity index is 371. The van der Waals surface area contributed by atoms with Crippen molar-refractivity contribution in [1.29, 1.82) is 0 Å². The molecule has 4 nitrogen and oxygen atoms in total. The summed E-state index contributed by atoms with van der Waals surface area (Å²) < 4.78 is 42.9. The van der Waals surface area contributed by atoms with Crippen molar-refractivity contribution in [2.24, 2.45) is 7.05 Å². The molecule has 0 aliphatic rings. The lowest BCUT2D eigenvalue weighted by molar-refractivity contribution is -0.141. The van der Waals surface area contributed by atoms with Crippen molar-refractivity contribution >= 4 is 6.29 Å². The summed E-state index contributed by atoms with van der Waals surface area (Å²) in [6.45, 7) is 1.77. The van der Waals surface area contributed by atoms with E-state index in [4.69, 9.17) is 4.74 Å². The summed E-state index contributed by atoms with van der Waals surface area (Å²) in [6, 6.07) is 0. The smallest absolute Gasteiger partial charge is 0.436 e. The van der Waals surface area contributed by atoms with Crippen molar-refractivity contribution in [3.63, 3.8) is 0 Å². The topological polar surface area (TPSA) is 44.1 Å². The largest absolute Gasteiger partial charge is 0.478 e. The molecule has 84 valence electrons. The van der Waals surface area contributed by atoms with E-state index in [1.165, 1.54) is 7.05 Å². The summed E-state index contributed by atoms with van der Waals surface area (Å²) in [5, 5.41) is 3.21. The molecule has 0 fully saturated rings. The number of rotatable bonds is 3. The summed E-state index contributed by atoms with van der Waals surface area (Å²) >= 11 is 0. The molecule has 1 aromatic heterocycles. The second kappa shape index (κ2) is 3.92. The molecule has 0 spiro atoms. The van der Waals surface area contributed by atoms with Gasteiger partial charge in [0.1, 0.15) is 5.56 Å². The second-order valence-corrected chi connectivity index (χ2v) is 2.74. The number of halogens is 3. The molecule has 1 rings (SSSR count). The minimum Gasteiger partial charge on any atom is -0.478 e. The van der Waals surface area contributed by atoms with Gasteiger partial charge in [-0.3, -0.25) is 4.79 Å². The van der Waals surface area contributed by atoms with Gasteiger partial charge in [-0.25, -0.2) is 4.68 Å². The van der Waals surface area contributed by atoms with E-state index < -0.39 is 17.4 Å². The molecule has 0 N–H and O–H groups in total. The van der Waals surface area contributed by atoms with Crippen LogP contribution in [0.5, 0.6) is 5.88 Å². The van der Waals surface area contributed by atoms with Crippen LogP contribution >= 0.6 is 0 Å².